The Kier molecular flexibility index (Phi) is 3.87. The van der Waals surface area contributed by atoms with Crippen LogP contribution in [0.15, 0.2) is 0 Å². The summed E-state index contributed by atoms with van der Waals surface area (Å²) >= 11 is 9.82. The number of hydrogen-bond donors (Lipinski definition) is 2. The zero-order valence-electron chi connectivity index (χ0n) is 7.53. The first-order valence-electron chi connectivity index (χ1n) is 4.51. The molecule has 13 heavy (non-hydrogen) atoms. The van der Waals surface area contributed by atoms with Crippen LogP contribution in [-0.4, -0.2) is 21.2 Å². The highest BCUT2D eigenvalue weighted by Gasteiger charge is 2.23. The van der Waals surface area contributed by atoms with Crippen molar-refractivity contribution in [3.05, 3.63) is 0 Å². The third-order valence-corrected chi connectivity index (χ3v) is 2.81. The maximum atomic E-state index is 5.56. The normalized spacial score (nSPS) is 18.2. The van der Waals surface area contributed by atoms with Crippen molar-refractivity contribution in [2.24, 2.45) is 11.5 Å². The first kappa shape index (κ1) is 10.7. The Morgan fingerprint density at radius 2 is 1.46 bits per heavy atom. The second kappa shape index (κ2) is 4.72. The van der Waals surface area contributed by atoms with E-state index in [4.69, 9.17) is 35.9 Å². The van der Waals surface area contributed by atoms with E-state index in [1.54, 1.807) is 4.90 Å². The first-order valence-corrected chi connectivity index (χ1v) is 5.32. The van der Waals surface area contributed by atoms with Gasteiger partial charge in [0.05, 0.1) is 0 Å². The fourth-order valence-electron chi connectivity index (χ4n) is 1.81. The molecule has 0 aromatic carbocycles. The van der Waals surface area contributed by atoms with Gasteiger partial charge in [0.25, 0.3) is 0 Å². The second-order valence-corrected chi connectivity index (χ2v) is 4.17. The number of rotatable bonds is 1. The number of nitrogens with two attached hydrogens (primary N) is 2. The molecule has 0 bridgehead atoms. The summed E-state index contributed by atoms with van der Waals surface area (Å²) in [4.78, 5) is 1.71. The van der Waals surface area contributed by atoms with E-state index in [2.05, 4.69) is 0 Å². The molecule has 5 heteroatoms. The summed E-state index contributed by atoms with van der Waals surface area (Å²) in [5.41, 5.74) is 11.1. The van der Waals surface area contributed by atoms with E-state index >= 15 is 0 Å². The lowest BCUT2D eigenvalue weighted by atomic mass is 9.95. The van der Waals surface area contributed by atoms with Gasteiger partial charge < -0.3 is 11.5 Å². The van der Waals surface area contributed by atoms with Crippen molar-refractivity contribution in [3.8, 4) is 0 Å². The van der Waals surface area contributed by atoms with Crippen LogP contribution in [0.3, 0.4) is 0 Å². The molecule has 4 N–H and O–H groups in total. The van der Waals surface area contributed by atoms with Crippen LogP contribution in [0.5, 0.6) is 0 Å². The van der Waals surface area contributed by atoms with Crippen molar-refractivity contribution < 1.29 is 0 Å². The Labute approximate surface area is 89.4 Å². The van der Waals surface area contributed by atoms with Crippen molar-refractivity contribution in [2.75, 3.05) is 0 Å². The molecule has 74 valence electrons. The van der Waals surface area contributed by atoms with E-state index in [1.165, 1.54) is 19.3 Å². The van der Waals surface area contributed by atoms with Crippen LogP contribution in [-0.2, 0) is 0 Å². The Bertz CT molecular complexity index is 197. The van der Waals surface area contributed by atoms with E-state index in [0.717, 1.165) is 12.8 Å². The number of hydrogen-bond acceptors (Lipinski definition) is 2. The molecule has 1 fully saturated rings. The van der Waals surface area contributed by atoms with E-state index in [-0.39, 0.29) is 0 Å². The van der Waals surface area contributed by atoms with Crippen LogP contribution in [0.2, 0.25) is 0 Å². The van der Waals surface area contributed by atoms with Crippen molar-refractivity contribution in [1.29, 1.82) is 0 Å². The fraction of sp³-hybridized carbons (Fsp3) is 0.750. The summed E-state index contributed by atoms with van der Waals surface area (Å²) in [5.74, 6) is 0. The van der Waals surface area contributed by atoms with Crippen molar-refractivity contribution in [1.82, 2.24) is 4.90 Å². The minimum Gasteiger partial charge on any atom is -0.376 e. The molecule has 0 atom stereocenters. The standard InChI is InChI=1S/C8H15N3S2/c9-7(12)11(8(10)13)6-4-2-1-3-5-6/h6H,1-5H2,(H2,9,12)(H2,10,13). The van der Waals surface area contributed by atoms with Gasteiger partial charge in [-0.15, -0.1) is 0 Å². The van der Waals surface area contributed by atoms with E-state index < -0.39 is 0 Å². The van der Waals surface area contributed by atoms with Crippen LogP contribution in [0, 0.1) is 0 Å². The molecule has 1 aliphatic rings. The lowest BCUT2D eigenvalue weighted by Crippen LogP contribution is -2.50. The van der Waals surface area contributed by atoms with Crippen molar-refractivity contribution >= 4 is 34.7 Å². The molecule has 1 saturated carbocycles. The Morgan fingerprint density at radius 3 is 1.85 bits per heavy atom. The highest BCUT2D eigenvalue weighted by atomic mass is 32.1. The minimum atomic E-state index is 0.305. The number of thiocarbonyl (C=S) groups is 2. The summed E-state index contributed by atoms with van der Waals surface area (Å²) < 4.78 is 0. The summed E-state index contributed by atoms with van der Waals surface area (Å²) in [6.07, 6.45) is 5.90. The number of nitrogens with zero attached hydrogens (tertiary/aromatic N) is 1. The Hall–Kier alpha value is -0.420. The Morgan fingerprint density at radius 1 is 1.00 bits per heavy atom. The summed E-state index contributed by atoms with van der Waals surface area (Å²) in [6.45, 7) is 0. The lowest BCUT2D eigenvalue weighted by molar-refractivity contribution is 0.323. The zero-order chi connectivity index (χ0) is 9.84. The molecular formula is C8H15N3S2. The first-order chi connectivity index (χ1) is 6.13. The van der Waals surface area contributed by atoms with Gasteiger partial charge in [0.2, 0.25) is 0 Å². The molecule has 0 aliphatic heterocycles. The molecule has 1 rings (SSSR count). The smallest absolute Gasteiger partial charge is 0.172 e. The third-order valence-electron chi connectivity index (χ3n) is 2.41. The molecule has 0 amide bonds. The summed E-state index contributed by atoms with van der Waals surface area (Å²) in [6, 6.07) is 0.337. The van der Waals surface area contributed by atoms with E-state index in [0.29, 0.717) is 16.3 Å². The largest absolute Gasteiger partial charge is 0.376 e. The van der Waals surface area contributed by atoms with Gasteiger partial charge in [0, 0.05) is 6.04 Å². The average molecular weight is 217 g/mol. The molecule has 0 heterocycles. The van der Waals surface area contributed by atoms with Crippen LogP contribution in [0.25, 0.3) is 0 Å². The van der Waals surface area contributed by atoms with Gasteiger partial charge >= 0.3 is 0 Å². The topological polar surface area (TPSA) is 55.3 Å². The van der Waals surface area contributed by atoms with E-state index in [9.17, 15) is 0 Å². The van der Waals surface area contributed by atoms with Gasteiger partial charge in [-0.3, -0.25) is 4.90 Å². The van der Waals surface area contributed by atoms with E-state index in [1.807, 2.05) is 0 Å². The molecule has 0 aromatic heterocycles. The van der Waals surface area contributed by atoms with Crippen LogP contribution < -0.4 is 11.5 Å². The molecule has 0 saturated heterocycles. The summed E-state index contributed by atoms with van der Waals surface area (Å²) in [7, 11) is 0. The highest BCUT2D eigenvalue weighted by molar-refractivity contribution is 7.81. The van der Waals surface area contributed by atoms with Crippen molar-refractivity contribution in [2.45, 2.75) is 38.1 Å². The fourth-order valence-corrected chi connectivity index (χ4v) is 2.36. The predicted octanol–water partition coefficient (Wildman–Crippen LogP) is 1.11. The molecular weight excluding hydrogens is 202 g/mol. The van der Waals surface area contributed by atoms with Gasteiger partial charge in [0.1, 0.15) is 0 Å². The van der Waals surface area contributed by atoms with Gasteiger partial charge in [0.15, 0.2) is 10.2 Å². The van der Waals surface area contributed by atoms with Gasteiger partial charge in [-0.05, 0) is 37.3 Å². The van der Waals surface area contributed by atoms with Crippen LogP contribution in [0.4, 0.5) is 0 Å². The maximum Gasteiger partial charge on any atom is 0.172 e. The molecule has 0 unspecified atom stereocenters. The molecule has 0 radical (unpaired) electrons. The van der Waals surface area contributed by atoms with Crippen LogP contribution >= 0.6 is 24.4 Å². The molecule has 0 aromatic rings. The SMILES string of the molecule is NC(=S)N(C(N)=S)C1CCCCC1. The monoisotopic (exact) mass is 217 g/mol. The van der Waals surface area contributed by atoms with Gasteiger partial charge in [-0.1, -0.05) is 19.3 Å². The molecule has 1 aliphatic carbocycles. The van der Waals surface area contributed by atoms with Crippen LogP contribution in [0.1, 0.15) is 32.1 Å². The Balaban J connectivity index is 2.62. The van der Waals surface area contributed by atoms with Gasteiger partial charge in [-0.2, -0.15) is 0 Å². The lowest BCUT2D eigenvalue weighted by Gasteiger charge is -2.33. The average Bonchev–Trinajstić information content (AvgIpc) is 2.04. The quantitative estimate of drug-likeness (QED) is 0.644. The predicted molar refractivity (Wildman–Crippen MR) is 62.3 cm³/mol. The summed E-state index contributed by atoms with van der Waals surface area (Å²) in [5, 5.41) is 0.610. The zero-order valence-corrected chi connectivity index (χ0v) is 9.16. The van der Waals surface area contributed by atoms with Gasteiger partial charge in [-0.25, -0.2) is 0 Å². The third kappa shape index (κ3) is 2.77. The molecule has 0 spiro atoms. The minimum absolute atomic E-state index is 0.305. The molecule has 3 nitrogen and oxygen atoms in total. The second-order valence-electron chi connectivity index (χ2n) is 3.34. The maximum absolute atomic E-state index is 5.56. The van der Waals surface area contributed by atoms with Crippen molar-refractivity contribution in [3.63, 3.8) is 0 Å². The highest BCUT2D eigenvalue weighted by Crippen LogP contribution is 2.22.